The molecule has 2 aromatic heterocycles. The zero-order chi connectivity index (χ0) is 11.7. The molecule has 0 aliphatic heterocycles. The van der Waals surface area contributed by atoms with Crippen LogP contribution in [-0.2, 0) is 7.05 Å². The first-order valence-corrected chi connectivity index (χ1v) is 5.25. The molecule has 0 fully saturated rings. The van der Waals surface area contributed by atoms with Crippen molar-refractivity contribution >= 4 is 0 Å². The molecule has 0 spiro atoms. The average Bonchev–Trinajstić information content (AvgIpc) is 2.59. The molecule has 0 aromatic carbocycles. The normalized spacial score (nSPS) is 12.8. The second-order valence-corrected chi connectivity index (χ2v) is 4.08. The van der Waals surface area contributed by atoms with E-state index < -0.39 is 0 Å². The van der Waals surface area contributed by atoms with E-state index in [0.717, 1.165) is 22.4 Å². The lowest BCUT2D eigenvalue weighted by Gasteiger charge is -2.11. The smallest absolute Gasteiger partial charge is 0.0600 e. The maximum Gasteiger partial charge on any atom is 0.0600 e. The number of aryl methyl sites for hydroxylation is 2. The molecule has 0 aliphatic carbocycles. The van der Waals surface area contributed by atoms with Crippen molar-refractivity contribution in [3.05, 3.63) is 47.0 Å². The summed E-state index contributed by atoms with van der Waals surface area (Å²) >= 11 is 0. The number of aromatic nitrogens is 3. The maximum atomic E-state index is 6.21. The Kier molecular flexibility index (Phi) is 2.75. The summed E-state index contributed by atoms with van der Waals surface area (Å²) in [6.45, 7) is 4.03. The summed E-state index contributed by atoms with van der Waals surface area (Å²) in [6.07, 6.45) is 5.46. The Balaban J connectivity index is 2.39. The van der Waals surface area contributed by atoms with Crippen molar-refractivity contribution in [1.82, 2.24) is 14.8 Å². The van der Waals surface area contributed by atoms with Crippen LogP contribution in [-0.4, -0.2) is 14.8 Å². The molecule has 0 radical (unpaired) electrons. The molecule has 4 nitrogen and oxygen atoms in total. The van der Waals surface area contributed by atoms with E-state index in [-0.39, 0.29) is 6.04 Å². The van der Waals surface area contributed by atoms with Gasteiger partial charge in [0.05, 0.1) is 12.2 Å². The molecular formula is C12H16N4. The largest absolute Gasteiger partial charge is 0.320 e. The lowest BCUT2D eigenvalue weighted by molar-refractivity contribution is 0.733. The van der Waals surface area contributed by atoms with Crippen LogP contribution >= 0.6 is 0 Å². The summed E-state index contributed by atoms with van der Waals surface area (Å²) in [7, 11) is 1.92. The minimum absolute atomic E-state index is 0.152. The molecule has 0 bridgehead atoms. The molecule has 2 aromatic rings. The average molecular weight is 216 g/mol. The maximum absolute atomic E-state index is 6.21. The highest BCUT2D eigenvalue weighted by atomic mass is 15.3. The first-order chi connectivity index (χ1) is 7.59. The molecule has 1 unspecified atom stereocenters. The van der Waals surface area contributed by atoms with Crippen molar-refractivity contribution in [2.75, 3.05) is 0 Å². The zero-order valence-corrected chi connectivity index (χ0v) is 9.81. The summed E-state index contributed by atoms with van der Waals surface area (Å²) in [6, 6.07) is 1.91. The van der Waals surface area contributed by atoms with Crippen molar-refractivity contribution in [2.24, 2.45) is 12.8 Å². The van der Waals surface area contributed by atoms with Crippen LogP contribution in [0.2, 0.25) is 0 Å². The molecule has 0 saturated carbocycles. The zero-order valence-electron chi connectivity index (χ0n) is 9.81. The van der Waals surface area contributed by atoms with Crippen LogP contribution in [0.5, 0.6) is 0 Å². The Morgan fingerprint density at radius 2 is 2.00 bits per heavy atom. The fourth-order valence-electron chi connectivity index (χ4n) is 1.75. The van der Waals surface area contributed by atoms with E-state index in [1.54, 1.807) is 0 Å². The molecule has 16 heavy (non-hydrogen) atoms. The summed E-state index contributed by atoms with van der Waals surface area (Å²) in [5, 5.41) is 4.20. The summed E-state index contributed by atoms with van der Waals surface area (Å²) in [5.74, 6) is 0. The SMILES string of the molecule is Cc1cncc(C(N)c2cnn(C)c2C)c1. The number of pyridine rings is 1. The van der Waals surface area contributed by atoms with Gasteiger partial charge in [0.1, 0.15) is 0 Å². The van der Waals surface area contributed by atoms with E-state index in [4.69, 9.17) is 5.73 Å². The van der Waals surface area contributed by atoms with Gasteiger partial charge < -0.3 is 5.73 Å². The summed E-state index contributed by atoms with van der Waals surface area (Å²) in [4.78, 5) is 4.16. The Hall–Kier alpha value is -1.68. The first-order valence-electron chi connectivity index (χ1n) is 5.25. The Bertz CT molecular complexity index is 501. The quantitative estimate of drug-likeness (QED) is 0.827. The highest BCUT2D eigenvalue weighted by molar-refractivity contribution is 5.32. The van der Waals surface area contributed by atoms with Crippen molar-refractivity contribution in [1.29, 1.82) is 0 Å². The lowest BCUT2D eigenvalue weighted by Crippen LogP contribution is -2.13. The van der Waals surface area contributed by atoms with Crippen LogP contribution in [0.1, 0.15) is 28.4 Å². The number of hydrogen-bond donors (Lipinski definition) is 1. The van der Waals surface area contributed by atoms with Gasteiger partial charge in [-0.2, -0.15) is 5.10 Å². The molecule has 1 atom stereocenters. The van der Waals surface area contributed by atoms with Crippen LogP contribution in [0, 0.1) is 13.8 Å². The Labute approximate surface area is 95.1 Å². The third-order valence-corrected chi connectivity index (χ3v) is 2.86. The molecule has 0 saturated heterocycles. The summed E-state index contributed by atoms with van der Waals surface area (Å²) in [5.41, 5.74) is 10.5. The molecule has 2 rings (SSSR count). The third-order valence-electron chi connectivity index (χ3n) is 2.86. The van der Waals surface area contributed by atoms with E-state index in [1.807, 2.05) is 44.2 Å². The monoisotopic (exact) mass is 216 g/mol. The van der Waals surface area contributed by atoms with Crippen molar-refractivity contribution in [3.8, 4) is 0 Å². The number of nitrogens with zero attached hydrogens (tertiary/aromatic N) is 3. The van der Waals surface area contributed by atoms with Gasteiger partial charge in [-0.25, -0.2) is 0 Å². The highest BCUT2D eigenvalue weighted by Crippen LogP contribution is 2.21. The minimum Gasteiger partial charge on any atom is -0.320 e. The Morgan fingerprint density at radius 3 is 2.56 bits per heavy atom. The van der Waals surface area contributed by atoms with Gasteiger partial charge in [0, 0.05) is 30.7 Å². The molecular weight excluding hydrogens is 200 g/mol. The fraction of sp³-hybridized carbons (Fsp3) is 0.333. The highest BCUT2D eigenvalue weighted by Gasteiger charge is 2.14. The summed E-state index contributed by atoms with van der Waals surface area (Å²) < 4.78 is 1.83. The molecule has 0 amide bonds. The third kappa shape index (κ3) is 1.84. The number of rotatable bonds is 2. The predicted octanol–water partition coefficient (Wildman–Crippen LogP) is 1.48. The standard InChI is InChI=1S/C12H16N4/c1-8-4-10(6-14-5-8)12(13)11-7-15-16(3)9(11)2/h4-7,12H,13H2,1-3H3. The molecule has 84 valence electrons. The molecule has 2 N–H and O–H groups in total. The van der Waals surface area contributed by atoms with Gasteiger partial charge in [-0.15, -0.1) is 0 Å². The van der Waals surface area contributed by atoms with Gasteiger partial charge in [0.15, 0.2) is 0 Å². The van der Waals surface area contributed by atoms with Crippen LogP contribution < -0.4 is 5.73 Å². The van der Waals surface area contributed by atoms with E-state index in [9.17, 15) is 0 Å². The van der Waals surface area contributed by atoms with E-state index in [0.29, 0.717) is 0 Å². The van der Waals surface area contributed by atoms with Crippen molar-refractivity contribution in [3.63, 3.8) is 0 Å². The second kappa shape index (κ2) is 4.06. The van der Waals surface area contributed by atoms with Crippen LogP contribution in [0.3, 0.4) is 0 Å². The van der Waals surface area contributed by atoms with E-state index in [1.165, 1.54) is 0 Å². The first kappa shape index (κ1) is 10.8. The minimum atomic E-state index is -0.152. The Morgan fingerprint density at radius 1 is 1.25 bits per heavy atom. The van der Waals surface area contributed by atoms with Gasteiger partial charge in [-0.1, -0.05) is 6.07 Å². The predicted molar refractivity (Wildman–Crippen MR) is 62.9 cm³/mol. The number of nitrogens with two attached hydrogens (primary N) is 1. The fourth-order valence-corrected chi connectivity index (χ4v) is 1.75. The van der Waals surface area contributed by atoms with Gasteiger partial charge in [-0.05, 0) is 25.0 Å². The van der Waals surface area contributed by atoms with Gasteiger partial charge in [-0.3, -0.25) is 9.67 Å². The van der Waals surface area contributed by atoms with Crippen LogP contribution in [0.15, 0.2) is 24.7 Å². The van der Waals surface area contributed by atoms with Crippen LogP contribution in [0.4, 0.5) is 0 Å². The lowest BCUT2D eigenvalue weighted by atomic mass is 10.0. The van der Waals surface area contributed by atoms with Crippen molar-refractivity contribution in [2.45, 2.75) is 19.9 Å². The second-order valence-electron chi connectivity index (χ2n) is 4.08. The van der Waals surface area contributed by atoms with Crippen molar-refractivity contribution < 1.29 is 0 Å². The van der Waals surface area contributed by atoms with Gasteiger partial charge in [0.25, 0.3) is 0 Å². The van der Waals surface area contributed by atoms with E-state index >= 15 is 0 Å². The van der Waals surface area contributed by atoms with Crippen LogP contribution in [0.25, 0.3) is 0 Å². The van der Waals surface area contributed by atoms with E-state index in [2.05, 4.69) is 16.1 Å². The molecule has 2 heterocycles. The topological polar surface area (TPSA) is 56.7 Å². The van der Waals surface area contributed by atoms with Gasteiger partial charge >= 0.3 is 0 Å². The molecule has 4 heteroatoms. The number of hydrogen-bond acceptors (Lipinski definition) is 3. The molecule has 0 aliphatic rings. The van der Waals surface area contributed by atoms with Gasteiger partial charge in [0.2, 0.25) is 0 Å².